The average Bonchev–Trinajstić information content (AvgIpc) is 1.89. The SMILES string of the molecule is CCc1[c]ccnc1C. The predicted octanol–water partition coefficient (Wildman–Crippen LogP) is 1.75. The van der Waals surface area contributed by atoms with Gasteiger partial charge in [0.25, 0.3) is 0 Å². The third-order valence-electron chi connectivity index (χ3n) is 1.39. The minimum Gasteiger partial charge on any atom is -0.261 e. The van der Waals surface area contributed by atoms with Crippen molar-refractivity contribution in [3.63, 3.8) is 0 Å². The summed E-state index contributed by atoms with van der Waals surface area (Å²) in [7, 11) is 0. The van der Waals surface area contributed by atoms with Crippen LogP contribution in [-0.4, -0.2) is 4.98 Å². The highest BCUT2D eigenvalue weighted by Crippen LogP contribution is 2.01. The van der Waals surface area contributed by atoms with Crippen molar-refractivity contribution >= 4 is 0 Å². The molecule has 9 heavy (non-hydrogen) atoms. The number of hydrogen-bond acceptors (Lipinski definition) is 1. The van der Waals surface area contributed by atoms with Gasteiger partial charge in [-0.2, -0.15) is 0 Å². The molecule has 0 fully saturated rings. The van der Waals surface area contributed by atoms with Crippen LogP contribution in [0.5, 0.6) is 0 Å². The molecule has 0 aliphatic heterocycles. The lowest BCUT2D eigenvalue weighted by molar-refractivity contribution is 1.04. The van der Waals surface area contributed by atoms with Gasteiger partial charge in [0.05, 0.1) is 0 Å². The van der Waals surface area contributed by atoms with E-state index in [2.05, 4.69) is 18.0 Å². The van der Waals surface area contributed by atoms with Gasteiger partial charge in [0.15, 0.2) is 0 Å². The number of aryl methyl sites for hydroxylation is 2. The van der Waals surface area contributed by atoms with E-state index >= 15 is 0 Å². The van der Waals surface area contributed by atoms with Gasteiger partial charge in [-0.1, -0.05) is 6.92 Å². The lowest BCUT2D eigenvalue weighted by atomic mass is 10.2. The summed E-state index contributed by atoms with van der Waals surface area (Å²) in [4.78, 5) is 4.12. The maximum atomic E-state index is 4.12. The topological polar surface area (TPSA) is 12.9 Å². The Morgan fingerprint density at radius 1 is 1.67 bits per heavy atom. The molecule has 0 N–H and O–H groups in total. The second-order valence-electron chi connectivity index (χ2n) is 2.01. The van der Waals surface area contributed by atoms with E-state index < -0.39 is 0 Å². The highest BCUT2D eigenvalue weighted by molar-refractivity contribution is 5.15. The predicted molar refractivity (Wildman–Crippen MR) is 37.2 cm³/mol. The van der Waals surface area contributed by atoms with Gasteiger partial charge in [-0.25, -0.2) is 0 Å². The smallest absolute Gasteiger partial charge is 0.0410 e. The van der Waals surface area contributed by atoms with Crippen LogP contribution in [0.1, 0.15) is 18.2 Å². The van der Waals surface area contributed by atoms with E-state index in [-0.39, 0.29) is 0 Å². The molecule has 0 unspecified atom stereocenters. The number of rotatable bonds is 1. The van der Waals surface area contributed by atoms with Crippen molar-refractivity contribution in [2.24, 2.45) is 0 Å². The van der Waals surface area contributed by atoms with Crippen molar-refractivity contribution in [1.82, 2.24) is 4.98 Å². The van der Waals surface area contributed by atoms with Crippen molar-refractivity contribution in [2.75, 3.05) is 0 Å². The molecule has 1 heterocycles. The first-order valence-corrected chi connectivity index (χ1v) is 3.16. The molecule has 0 atom stereocenters. The van der Waals surface area contributed by atoms with Crippen LogP contribution in [0.3, 0.4) is 0 Å². The quantitative estimate of drug-likeness (QED) is 0.550. The van der Waals surface area contributed by atoms with Crippen LogP contribution in [0.4, 0.5) is 0 Å². The molecule has 1 heteroatoms. The van der Waals surface area contributed by atoms with Gasteiger partial charge in [0.1, 0.15) is 0 Å². The summed E-state index contributed by atoms with van der Waals surface area (Å²) in [5.41, 5.74) is 2.32. The number of hydrogen-bond donors (Lipinski definition) is 0. The van der Waals surface area contributed by atoms with Crippen LogP contribution < -0.4 is 0 Å². The summed E-state index contributed by atoms with van der Waals surface area (Å²) in [6.07, 6.45) is 2.80. The Balaban J connectivity index is 3.01. The fourth-order valence-electron chi connectivity index (χ4n) is 0.827. The zero-order valence-electron chi connectivity index (χ0n) is 5.81. The molecule has 1 rings (SSSR count). The number of aromatic nitrogens is 1. The third-order valence-corrected chi connectivity index (χ3v) is 1.39. The van der Waals surface area contributed by atoms with Crippen LogP contribution in [0.15, 0.2) is 12.3 Å². The Kier molecular flexibility index (Phi) is 1.83. The molecule has 0 bridgehead atoms. The zero-order chi connectivity index (χ0) is 6.69. The van der Waals surface area contributed by atoms with Crippen LogP contribution in [0, 0.1) is 13.0 Å². The minimum atomic E-state index is 1.03. The summed E-state index contributed by atoms with van der Waals surface area (Å²) in [6, 6.07) is 4.98. The van der Waals surface area contributed by atoms with Crippen molar-refractivity contribution in [1.29, 1.82) is 0 Å². The van der Waals surface area contributed by atoms with Gasteiger partial charge in [0, 0.05) is 11.9 Å². The average molecular weight is 120 g/mol. The zero-order valence-corrected chi connectivity index (χ0v) is 5.81. The van der Waals surface area contributed by atoms with E-state index in [1.807, 2.05) is 13.0 Å². The van der Waals surface area contributed by atoms with E-state index in [4.69, 9.17) is 0 Å². The first-order valence-electron chi connectivity index (χ1n) is 3.16. The van der Waals surface area contributed by atoms with Gasteiger partial charge in [-0.15, -0.1) is 0 Å². The maximum Gasteiger partial charge on any atom is 0.0410 e. The maximum absolute atomic E-state index is 4.12. The Morgan fingerprint density at radius 2 is 2.44 bits per heavy atom. The molecule has 1 aromatic rings. The fraction of sp³-hybridized carbons (Fsp3) is 0.375. The number of pyridine rings is 1. The molecule has 0 aliphatic rings. The molecule has 0 amide bonds. The first-order chi connectivity index (χ1) is 4.34. The molecule has 0 saturated carbocycles. The van der Waals surface area contributed by atoms with Gasteiger partial charge < -0.3 is 0 Å². The van der Waals surface area contributed by atoms with Crippen LogP contribution in [0.2, 0.25) is 0 Å². The summed E-state index contributed by atoms with van der Waals surface area (Å²) >= 11 is 0. The lowest BCUT2D eigenvalue weighted by Gasteiger charge is -1.96. The van der Waals surface area contributed by atoms with Gasteiger partial charge in [0.2, 0.25) is 0 Å². The first kappa shape index (κ1) is 6.27. The molecule has 0 aliphatic carbocycles. The van der Waals surface area contributed by atoms with Gasteiger partial charge in [-0.05, 0) is 31.0 Å². The van der Waals surface area contributed by atoms with Crippen molar-refractivity contribution in [3.05, 3.63) is 29.6 Å². The van der Waals surface area contributed by atoms with Crippen molar-refractivity contribution in [3.8, 4) is 0 Å². The second-order valence-corrected chi connectivity index (χ2v) is 2.01. The van der Waals surface area contributed by atoms with E-state index in [9.17, 15) is 0 Å². The molecular formula is C8H10N. The molecular weight excluding hydrogens is 110 g/mol. The molecule has 0 aromatic carbocycles. The lowest BCUT2D eigenvalue weighted by Crippen LogP contribution is -1.88. The Morgan fingerprint density at radius 3 is 2.89 bits per heavy atom. The van der Waals surface area contributed by atoms with E-state index in [0.717, 1.165) is 12.1 Å². The minimum absolute atomic E-state index is 1.03. The second kappa shape index (κ2) is 2.62. The standard InChI is InChI=1S/C8H10N/c1-3-8-5-4-6-9-7(8)2/h4,6H,3H2,1-2H3. The van der Waals surface area contributed by atoms with Crippen molar-refractivity contribution in [2.45, 2.75) is 20.3 Å². The van der Waals surface area contributed by atoms with Crippen LogP contribution in [0.25, 0.3) is 0 Å². The van der Waals surface area contributed by atoms with Crippen LogP contribution in [-0.2, 0) is 6.42 Å². The molecule has 1 radical (unpaired) electrons. The molecule has 1 aromatic heterocycles. The molecule has 0 saturated heterocycles. The van der Waals surface area contributed by atoms with Gasteiger partial charge in [-0.3, -0.25) is 4.98 Å². The Hall–Kier alpha value is -0.850. The number of nitrogens with zero attached hydrogens (tertiary/aromatic N) is 1. The van der Waals surface area contributed by atoms with Crippen LogP contribution >= 0.6 is 0 Å². The monoisotopic (exact) mass is 120 g/mol. The summed E-state index contributed by atoms with van der Waals surface area (Å²) in [5, 5.41) is 0. The van der Waals surface area contributed by atoms with Crippen molar-refractivity contribution < 1.29 is 0 Å². The summed E-state index contributed by atoms with van der Waals surface area (Å²) in [6.45, 7) is 4.12. The molecule has 47 valence electrons. The fourth-order valence-corrected chi connectivity index (χ4v) is 0.827. The van der Waals surface area contributed by atoms with E-state index in [1.165, 1.54) is 5.56 Å². The molecule has 1 nitrogen and oxygen atoms in total. The Labute approximate surface area is 55.7 Å². The Bertz CT molecular complexity index is 194. The normalized spacial score (nSPS) is 9.56. The highest BCUT2D eigenvalue weighted by Gasteiger charge is 1.91. The highest BCUT2D eigenvalue weighted by atomic mass is 14.7. The molecule has 0 spiro atoms. The van der Waals surface area contributed by atoms with E-state index in [1.54, 1.807) is 6.20 Å². The van der Waals surface area contributed by atoms with Gasteiger partial charge >= 0.3 is 0 Å². The largest absolute Gasteiger partial charge is 0.261 e. The van der Waals surface area contributed by atoms with E-state index in [0.29, 0.717) is 0 Å². The third kappa shape index (κ3) is 1.28. The summed E-state index contributed by atoms with van der Waals surface area (Å²) in [5.74, 6) is 0. The summed E-state index contributed by atoms with van der Waals surface area (Å²) < 4.78 is 0.